The van der Waals surface area contributed by atoms with Gasteiger partial charge in [-0.3, -0.25) is 9.48 Å². The maximum Gasteiger partial charge on any atom is 0.341 e. The number of aryl methyl sites for hydroxylation is 4. The lowest BCUT2D eigenvalue weighted by Crippen LogP contribution is -2.15. The number of pyridine rings is 1. The van der Waals surface area contributed by atoms with E-state index in [1.54, 1.807) is 17.8 Å². The summed E-state index contributed by atoms with van der Waals surface area (Å²) in [5.74, 6) is -0.765. The van der Waals surface area contributed by atoms with Crippen LogP contribution < -0.4 is 5.32 Å². The summed E-state index contributed by atoms with van der Waals surface area (Å²) in [4.78, 5) is 30.5. The number of carbonyl (C=O) groups excluding carboxylic acids is 2. The van der Waals surface area contributed by atoms with Crippen molar-refractivity contribution in [1.29, 1.82) is 0 Å². The number of rotatable bonds is 3. The maximum absolute atomic E-state index is 13.0. The molecule has 0 saturated heterocycles. The average Bonchev–Trinajstić information content (AvgIpc) is 3.02. The fourth-order valence-electron chi connectivity index (χ4n) is 2.98. The van der Waals surface area contributed by atoms with Gasteiger partial charge < -0.3 is 10.1 Å². The Labute approximate surface area is 155 Å². The van der Waals surface area contributed by atoms with Gasteiger partial charge in [0.1, 0.15) is 5.00 Å². The minimum absolute atomic E-state index is 0.303. The van der Waals surface area contributed by atoms with Crippen LogP contribution in [0.1, 0.15) is 42.5 Å². The van der Waals surface area contributed by atoms with E-state index in [-0.39, 0.29) is 5.91 Å². The molecule has 3 rings (SSSR count). The second-order valence-corrected chi connectivity index (χ2v) is 7.38. The third-order valence-electron chi connectivity index (χ3n) is 4.34. The van der Waals surface area contributed by atoms with Crippen LogP contribution in [0.3, 0.4) is 0 Å². The number of ether oxygens (including phenoxy) is 1. The summed E-state index contributed by atoms with van der Waals surface area (Å²) < 4.78 is 6.52. The van der Waals surface area contributed by atoms with Gasteiger partial charge in [0.2, 0.25) is 0 Å². The predicted molar refractivity (Wildman–Crippen MR) is 101 cm³/mol. The fraction of sp³-hybridized carbons (Fsp3) is 0.333. The first-order valence-corrected chi connectivity index (χ1v) is 8.86. The van der Waals surface area contributed by atoms with E-state index >= 15 is 0 Å². The molecule has 0 aliphatic heterocycles. The molecule has 0 unspecified atom stereocenters. The van der Waals surface area contributed by atoms with Gasteiger partial charge in [0.25, 0.3) is 5.91 Å². The zero-order valence-corrected chi connectivity index (χ0v) is 16.4. The summed E-state index contributed by atoms with van der Waals surface area (Å²) in [5.41, 5.74) is 3.79. The molecule has 0 radical (unpaired) electrons. The molecule has 0 atom stereocenters. The zero-order chi connectivity index (χ0) is 19.2. The van der Waals surface area contributed by atoms with Crippen molar-refractivity contribution in [2.75, 3.05) is 12.4 Å². The summed E-state index contributed by atoms with van der Waals surface area (Å²) >= 11 is 1.36. The number of thiophene rings is 1. The molecule has 0 bridgehead atoms. The van der Waals surface area contributed by atoms with E-state index in [1.807, 2.05) is 27.7 Å². The molecule has 0 aliphatic rings. The van der Waals surface area contributed by atoms with Gasteiger partial charge in [-0.05, 0) is 39.3 Å². The van der Waals surface area contributed by atoms with Gasteiger partial charge in [0.15, 0.2) is 5.65 Å². The molecule has 3 aromatic rings. The normalized spacial score (nSPS) is 11.0. The highest BCUT2D eigenvalue weighted by molar-refractivity contribution is 7.16. The van der Waals surface area contributed by atoms with E-state index in [1.165, 1.54) is 18.4 Å². The van der Waals surface area contributed by atoms with E-state index < -0.39 is 5.97 Å². The number of carbonyl (C=O) groups is 2. The van der Waals surface area contributed by atoms with Crippen LogP contribution in [0, 0.1) is 27.7 Å². The molecule has 0 fully saturated rings. The first kappa shape index (κ1) is 18.1. The average molecular weight is 372 g/mol. The van der Waals surface area contributed by atoms with Crippen molar-refractivity contribution in [1.82, 2.24) is 14.8 Å². The smallest absolute Gasteiger partial charge is 0.341 e. The molecular formula is C18H20N4O3S. The van der Waals surface area contributed by atoms with Crippen LogP contribution in [-0.4, -0.2) is 33.8 Å². The standard InChI is InChI=1S/C18H20N4O3S/c1-8-7-12(14-10(3)21-22(5)15(14)19-8)16(23)20-17-13(18(24)25-6)9(2)11(4)26-17/h7H,1-6H3,(H,20,23). The maximum atomic E-state index is 13.0. The number of esters is 1. The Morgan fingerprint density at radius 2 is 1.92 bits per heavy atom. The number of anilines is 1. The first-order chi connectivity index (χ1) is 12.2. The van der Waals surface area contributed by atoms with Crippen LogP contribution in [0.25, 0.3) is 11.0 Å². The summed E-state index contributed by atoms with van der Waals surface area (Å²) in [6, 6.07) is 1.73. The van der Waals surface area contributed by atoms with Gasteiger partial charge in [-0.25, -0.2) is 9.78 Å². The fourth-order valence-corrected chi connectivity index (χ4v) is 4.03. The summed E-state index contributed by atoms with van der Waals surface area (Å²) in [6.45, 7) is 7.42. The molecule has 0 saturated carbocycles. The number of nitrogens with zero attached hydrogens (tertiary/aromatic N) is 3. The van der Waals surface area contributed by atoms with Gasteiger partial charge in [0.05, 0.1) is 29.3 Å². The third kappa shape index (κ3) is 2.86. The number of hydrogen-bond donors (Lipinski definition) is 1. The third-order valence-corrected chi connectivity index (χ3v) is 5.47. The Morgan fingerprint density at radius 1 is 1.23 bits per heavy atom. The van der Waals surface area contributed by atoms with E-state index in [0.717, 1.165) is 21.8 Å². The second kappa shape index (κ2) is 6.53. The monoisotopic (exact) mass is 372 g/mol. The van der Waals surface area contributed by atoms with Crippen LogP contribution >= 0.6 is 11.3 Å². The molecule has 26 heavy (non-hydrogen) atoms. The quantitative estimate of drug-likeness (QED) is 0.713. The highest BCUT2D eigenvalue weighted by atomic mass is 32.1. The minimum atomic E-state index is -0.462. The summed E-state index contributed by atoms with van der Waals surface area (Å²) in [5, 5.41) is 8.43. The molecule has 136 valence electrons. The van der Waals surface area contributed by atoms with E-state index in [4.69, 9.17) is 4.74 Å². The van der Waals surface area contributed by atoms with Gasteiger partial charge >= 0.3 is 5.97 Å². The number of hydrogen-bond acceptors (Lipinski definition) is 6. The van der Waals surface area contributed by atoms with Gasteiger partial charge in [-0.15, -0.1) is 11.3 Å². The molecule has 3 heterocycles. The number of methoxy groups -OCH3 is 1. The number of aromatic nitrogens is 3. The van der Waals surface area contributed by atoms with Crippen LogP contribution in [0.15, 0.2) is 6.07 Å². The van der Waals surface area contributed by atoms with Crippen molar-refractivity contribution in [3.05, 3.63) is 39.0 Å². The lowest BCUT2D eigenvalue weighted by Gasteiger charge is -2.08. The van der Waals surface area contributed by atoms with Gasteiger partial charge in [0, 0.05) is 17.6 Å². The highest BCUT2D eigenvalue weighted by Gasteiger charge is 2.24. The molecule has 1 N–H and O–H groups in total. The number of nitrogens with one attached hydrogen (secondary N) is 1. The predicted octanol–water partition coefficient (Wildman–Crippen LogP) is 3.30. The minimum Gasteiger partial charge on any atom is -0.465 e. The van der Waals surface area contributed by atoms with E-state index in [9.17, 15) is 9.59 Å². The van der Waals surface area contributed by atoms with E-state index in [2.05, 4.69) is 15.4 Å². The number of fused-ring (bicyclic) bond motifs is 1. The topological polar surface area (TPSA) is 86.1 Å². The van der Waals surface area contributed by atoms with Crippen molar-refractivity contribution in [3.8, 4) is 0 Å². The Bertz CT molecular complexity index is 1050. The van der Waals surface area contributed by atoms with Crippen LogP contribution in [0.4, 0.5) is 5.00 Å². The molecular weight excluding hydrogens is 352 g/mol. The van der Waals surface area contributed by atoms with Gasteiger partial charge in [-0.1, -0.05) is 0 Å². The van der Waals surface area contributed by atoms with Crippen LogP contribution in [-0.2, 0) is 11.8 Å². The Kier molecular flexibility index (Phi) is 4.53. The molecule has 7 nitrogen and oxygen atoms in total. The highest BCUT2D eigenvalue weighted by Crippen LogP contribution is 2.34. The van der Waals surface area contributed by atoms with Crippen molar-refractivity contribution in [2.45, 2.75) is 27.7 Å². The van der Waals surface area contributed by atoms with Crippen molar-refractivity contribution < 1.29 is 14.3 Å². The molecule has 0 aromatic carbocycles. The van der Waals surface area contributed by atoms with Crippen molar-refractivity contribution >= 4 is 39.2 Å². The SMILES string of the molecule is COC(=O)c1c(NC(=O)c2cc(C)nc3c2c(C)nn3C)sc(C)c1C. The lowest BCUT2D eigenvalue weighted by atomic mass is 10.1. The lowest BCUT2D eigenvalue weighted by molar-refractivity contribution is 0.0601. The second-order valence-electron chi connectivity index (χ2n) is 6.15. The molecule has 8 heteroatoms. The summed E-state index contributed by atoms with van der Waals surface area (Å²) in [7, 11) is 3.12. The van der Waals surface area contributed by atoms with Gasteiger partial charge in [-0.2, -0.15) is 5.10 Å². The first-order valence-electron chi connectivity index (χ1n) is 8.05. The summed E-state index contributed by atoms with van der Waals surface area (Å²) in [6.07, 6.45) is 0. The zero-order valence-electron chi connectivity index (χ0n) is 15.6. The van der Waals surface area contributed by atoms with Crippen molar-refractivity contribution in [3.63, 3.8) is 0 Å². The molecule has 1 amide bonds. The molecule has 3 aromatic heterocycles. The Hall–Kier alpha value is -2.74. The van der Waals surface area contributed by atoms with E-state index in [0.29, 0.717) is 27.2 Å². The number of amides is 1. The molecule has 0 spiro atoms. The van der Waals surface area contributed by atoms with Crippen LogP contribution in [0.5, 0.6) is 0 Å². The Balaban J connectivity index is 2.09. The Morgan fingerprint density at radius 3 is 2.58 bits per heavy atom. The molecule has 0 aliphatic carbocycles. The van der Waals surface area contributed by atoms with Crippen LogP contribution in [0.2, 0.25) is 0 Å². The van der Waals surface area contributed by atoms with Crippen molar-refractivity contribution in [2.24, 2.45) is 7.05 Å². The largest absolute Gasteiger partial charge is 0.465 e.